The maximum absolute atomic E-state index is 11.9. The smallest absolute Gasteiger partial charge is 0.323 e. The molecule has 0 aromatic carbocycles. The first-order valence-corrected chi connectivity index (χ1v) is 5.74. The zero-order valence-corrected chi connectivity index (χ0v) is 10.9. The van der Waals surface area contributed by atoms with Gasteiger partial charge in [-0.25, -0.2) is 0 Å². The van der Waals surface area contributed by atoms with Crippen molar-refractivity contribution in [3.8, 4) is 0 Å². The van der Waals surface area contributed by atoms with Gasteiger partial charge >= 0.3 is 5.97 Å². The molecule has 0 aliphatic heterocycles. The Morgan fingerprint density at radius 3 is 2.24 bits per heavy atom. The molecule has 0 saturated carbocycles. The lowest BCUT2D eigenvalue weighted by Crippen LogP contribution is -2.52. The number of carbonyl (C=O) groups is 2. The van der Waals surface area contributed by atoms with Crippen LogP contribution in [0.3, 0.4) is 0 Å². The lowest BCUT2D eigenvalue weighted by Gasteiger charge is -2.25. The van der Waals surface area contributed by atoms with Gasteiger partial charge in [-0.05, 0) is 20.8 Å². The molecule has 6 nitrogen and oxygen atoms in total. The van der Waals surface area contributed by atoms with E-state index in [1.165, 1.54) is 7.11 Å². The number of amides is 1. The van der Waals surface area contributed by atoms with Gasteiger partial charge in [-0.15, -0.1) is 0 Å². The summed E-state index contributed by atoms with van der Waals surface area (Å²) in [4.78, 5) is 24.4. The minimum Gasteiger partial charge on any atom is -0.480 e. The second-order valence-electron chi connectivity index (χ2n) is 3.75. The third-order valence-electron chi connectivity index (χ3n) is 2.53. The Kier molecular flexibility index (Phi) is 7.49. The predicted molar refractivity (Wildman–Crippen MR) is 63.8 cm³/mol. The van der Waals surface area contributed by atoms with Gasteiger partial charge in [-0.1, -0.05) is 0 Å². The predicted octanol–water partition coefficient (Wildman–Crippen LogP) is -0.0675. The van der Waals surface area contributed by atoms with E-state index < -0.39 is 18.1 Å². The molecule has 0 aliphatic rings. The molecule has 0 aliphatic carbocycles. The van der Waals surface area contributed by atoms with Gasteiger partial charge in [0.15, 0.2) is 0 Å². The SMILES string of the molecule is CCN(CC)C(=O)C(C)NC(COC)C(=O)O. The molecule has 2 atom stereocenters. The van der Waals surface area contributed by atoms with Crippen LogP contribution in [-0.4, -0.2) is 60.8 Å². The van der Waals surface area contributed by atoms with Crippen molar-refractivity contribution in [2.45, 2.75) is 32.9 Å². The van der Waals surface area contributed by atoms with Gasteiger partial charge in [0.05, 0.1) is 12.6 Å². The summed E-state index contributed by atoms with van der Waals surface area (Å²) >= 11 is 0. The minimum atomic E-state index is -1.02. The van der Waals surface area contributed by atoms with Gasteiger partial charge in [0.1, 0.15) is 6.04 Å². The number of nitrogens with one attached hydrogen (secondary N) is 1. The molecule has 1 amide bonds. The van der Waals surface area contributed by atoms with E-state index in [4.69, 9.17) is 9.84 Å². The fourth-order valence-corrected chi connectivity index (χ4v) is 1.54. The molecule has 0 fully saturated rings. The molecule has 0 aromatic heterocycles. The molecule has 2 unspecified atom stereocenters. The third-order valence-corrected chi connectivity index (χ3v) is 2.53. The Labute approximate surface area is 102 Å². The summed E-state index contributed by atoms with van der Waals surface area (Å²) in [6.07, 6.45) is 0. The van der Waals surface area contributed by atoms with Crippen molar-refractivity contribution in [3.63, 3.8) is 0 Å². The lowest BCUT2D eigenvalue weighted by atomic mass is 10.2. The van der Waals surface area contributed by atoms with Crippen LogP contribution >= 0.6 is 0 Å². The van der Waals surface area contributed by atoms with Crippen LogP contribution in [0.2, 0.25) is 0 Å². The van der Waals surface area contributed by atoms with E-state index in [9.17, 15) is 9.59 Å². The standard InChI is InChI=1S/C11H22N2O4/c1-5-13(6-2)10(14)8(3)12-9(7-17-4)11(15)16/h8-9,12H,5-7H2,1-4H3,(H,15,16). The number of hydrogen-bond donors (Lipinski definition) is 2. The number of carbonyl (C=O) groups excluding carboxylic acids is 1. The number of ether oxygens (including phenoxy) is 1. The Bertz CT molecular complexity index is 254. The van der Waals surface area contributed by atoms with Crippen LogP contribution in [0.5, 0.6) is 0 Å². The number of methoxy groups -OCH3 is 1. The number of likely N-dealkylation sites (N-methyl/N-ethyl adjacent to an activating group) is 1. The zero-order valence-electron chi connectivity index (χ0n) is 10.9. The number of carboxylic acid groups (broad SMARTS) is 1. The van der Waals surface area contributed by atoms with Crippen molar-refractivity contribution >= 4 is 11.9 Å². The number of hydrogen-bond acceptors (Lipinski definition) is 4. The summed E-state index contributed by atoms with van der Waals surface area (Å²) < 4.78 is 4.79. The van der Waals surface area contributed by atoms with Gasteiger partial charge in [0.2, 0.25) is 5.91 Å². The molecule has 0 heterocycles. The molecule has 0 aromatic rings. The van der Waals surface area contributed by atoms with Gasteiger partial charge in [-0.3, -0.25) is 14.9 Å². The molecule has 100 valence electrons. The van der Waals surface area contributed by atoms with Crippen LogP contribution in [-0.2, 0) is 14.3 Å². The van der Waals surface area contributed by atoms with Crippen LogP contribution in [0.15, 0.2) is 0 Å². The molecular formula is C11H22N2O4. The average molecular weight is 246 g/mol. The van der Waals surface area contributed by atoms with Crippen LogP contribution < -0.4 is 5.32 Å². The molecular weight excluding hydrogens is 224 g/mol. The van der Waals surface area contributed by atoms with Crippen molar-refractivity contribution in [2.75, 3.05) is 26.8 Å². The van der Waals surface area contributed by atoms with Crippen molar-refractivity contribution in [1.82, 2.24) is 10.2 Å². The fourth-order valence-electron chi connectivity index (χ4n) is 1.54. The molecule has 0 spiro atoms. The van der Waals surface area contributed by atoms with E-state index in [0.717, 1.165) is 0 Å². The first-order chi connectivity index (χ1) is 7.97. The highest BCUT2D eigenvalue weighted by Crippen LogP contribution is 1.97. The monoisotopic (exact) mass is 246 g/mol. The first kappa shape index (κ1) is 15.9. The van der Waals surface area contributed by atoms with Gasteiger partial charge in [0, 0.05) is 20.2 Å². The van der Waals surface area contributed by atoms with Gasteiger partial charge < -0.3 is 14.7 Å². The van der Waals surface area contributed by atoms with E-state index in [1.54, 1.807) is 11.8 Å². The summed E-state index contributed by atoms with van der Waals surface area (Å²) in [5, 5.41) is 11.7. The molecule has 17 heavy (non-hydrogen) atoms. The maximum Gasteiger partial charge on any atom is 0.323 e. The second kappa shape index (κ2) is 8.03. The summed E-state index contributed by atoms with van der Waals surface area (Å²) in [6.45, 7) is 6.69. The van der Waals surface area contributed by atoms with Crippen molar-refractivity contribution in [3.05, 3.63) is 0 Å². The van der Waals surface area contributed by atoms with Gasteiger partial charge in [-0.2, -0.15) is 0 Å². The molecule has 6 heteroatoms. The van der Waals surface area contributed by atoms with E-state index in [2.05, 4.69) is 5.32 Å². The Morgan fingerprint density at radius 1 is 1.35 bits per heavy atom. The zero-order chi connectivity index (χ0) is 13.4. The van der Waals surface area contributed by atoms with Crippen LogP contribution in [0, 0.1) is 0 Å². The van der Waals surface area contributed by atoms with E-state index in [0.29, 0.717) is 13.1 Å². The Morgan fingerprint density at radius 2 is 1.88 bits per heavy atom. The highest BCUT2D eigenvalue weighted by Gasteiger charge is 2.24. The summed E-state index contributed by atoms with van der Waals surface area (Å²) in [5.41, 5.74) is 0. The fraction of sp³-hybridized carbons (Fsp3) is 0.818. The van der Waals surface area contributed by atoms with Crippen LogP contribution in [0.4, 0.5) is 0 Å². The maximum atomic E-state index is 11.9. The highest BCUT2D eigenvalue weighted by molar-refractivity contribution is 5.82. The van der Waals surface area contributed by atoms with Crippen molar-refractivity contribution in [1.29, 1.82) is 0 Å². The molecule has 2 N–H and O–H groups in total. The number of aliphatic carboxylic acids is 1. The number of carboxylic acids is 1. The largest absolute Gasteiger partial charge is 0.480 e. The molecule has 0 radical (unpaired) electrons. The lowest BCUT2D eigenvalue weighted by molar-refractivity contribution is -0.142. The summed E-state index contributed by atoms with van der Waals surface area (Å²) in [5.74, 6) is -1.12. The average Bonchev–Trinajstić information content (AvgIpc) is 2.29. The summed E-state index contributed by atoms with van der Waals surface area (Å²) in [6, 6.07) is -1.40. The highest BCUT2D eigenvalue weighted by atomic mass is 16.5. The normalized spacial score (nSPS) is 14.1. The third kappa shape index (κ3) is 5.14. The Balaban J connectivity index is 4.43. The minimum absolute atomic E-state index is 0.0329. The topological polar surface area (TPSA) is 78.9 Å². The Hall–Kier alpha value is -1.14. The summed E-state index contributed by atoms with van der Waals surface area (Å²) in [7, 11) is 1.43. The van der Waals surface area contributed by atoms with E-state index in [-0.39, 0.29) is 12.5 Å². The van der Waals surface area contributed by atoms with Crippen LogP contribution in [0.25, 0.3) is 0 Å². The van der Waals surface area contributed by atoms with Crippen molar-refractivity contribution in [2.24, 2.45) is 0 Å². The molecule has 0 saturated heterocycles. The number of rotatable bonds is 8. The number of nitrogens with zero attached hydrogens (tertiary/aromatic N) is 1. The second-order valence-corrected chi connectivity index (χ2v) is 3.75. The molecule has 0 bridgehead atoms. The van der Waals surface area contributed by atoms with E-state index in [1.807, 2.05) is 13.8 Å². The first-order valence-electron chi connectivity index (χ1n) is 5.74. The molecule has 0 rings (SSSR count). The van der Waals surface area contributed by atoms with E-state index >= 15 is 0 Å². The van der Waals surface area contributed by atoms with Crippen molar-refractivity contribution < 1.29 is 19.4 Å². The van der Waals surface area contributed by atoms with Gasteiger partial charge in [0.25, 0.3) is 0 Å². The van der Waals surface area contributed by atoms with Crippen LogP contribution in [0.1, 0.15) is 20.8 Å². The quantitative estimate of drug-likeness (QED) is 0.627.